The number of rotatable bonds is 5. The van der Waals surface area contributed by atoms with E-state index in [0.29, 0.717) is 29.1 Å². The first-order chi connectivity index (χ1) is 13.3. The van der Waals surface area contributed by atoms with Crippen LogP contribution in [0.5, 0.6) is 0 Å². The van der Waals surface area contributed by atoms with E-state index in [1.54, 1.807) is 6.20 Å². The van der Waals surface area contributed by atoms with Gasteiger partial charge in [-0.1, -0.05) is 51.5 Å². The zero-order chi connectivity index (χ0) is 18.9. The SMILES string of the molecule is C1CCCCC1.CC/C=C/c1ncc(Nc2cc(C3COC3)[nH]n2)nc1N. The average Bonchev–Trinajstić information content (AvgIpc) is 3.09. The molecule has 1 saturated heterocycles. The number of hydrogen-bond acceptors (Lipinski definition) is 6. The van der Waals surface area contributed by atoms with Crippen LogP contribution in [-0.4, -0.2) is 33.4 Å². The number of aromatic nitrogens is 4. The Hall–Kier alpha value is -2.41. The summed E-state index contributed by atoms with van der Waals surface area (Å²) in [6.07, 6.45) is 15.4. The van der Waals surface area contributed by atoms with Gasteiger partial charge in [-0.05, 0) is 12.5 Å². The number of nitrogens with one attached hydrogen (secondary N) is 2. The monoisotopic (exact) mass is 370 g/mol. The van der Waals surface area contributed by atoms with Gasteiger partial charge in [0.2, 0.25) is 0 Å². The summed E-state index contributed by atoms with van der Waals surface area (Å²) in [6, 6.07) is 1.95. The first kappa shape index (κ1) is 19.4. The molecule has 27 heavy (non-hydrogen) atoms. The van der Waals surface area contributed by atoms with Crippen LogP contribution in [0, 0.1) is 0 Å². The Morgan fingerprint density at radius 1 is 1.19 bits per heavy atom. The van der Waals surface area contributed by atoms with Crippen molar-refractivity contribution in [1.82, 2.24) is 20.2 Å². The molecule has 146 valence electrons. The van der Waals surface area contributed by atoms with Crippen molar-refractivity contribution >= 4 is 23.5 Å². The number of anilines is 3. The quantitative estimate of drug-likeness (QED) is 0.721. The largest absolute Gasteiger partial charge is 0.382 e. The topological polar surface area (TPSA) is 102 Å². The molecule has 2 fully saturated rings. The van der Waals surface area contributed by atoms with Gasteiger partial charge < -0.3 is 15.8 Å². The third-order valence-electron chi connectivity index (χ3n) is 4.77. The van der Waals surface area contributed by atoms with Gasteiger partial charge in [0.25, 0.3) is 0 Å². The van der Waals surface area contributed by atoms with E-state index in [2.05, 4.69) is 32.4 Å². The Kier molecular flexibility index (Phi) is 7.21. The first-order valence-electron chi connectivity index (χ1n) is 9.95. The minimum atomic E-state index is 0.396. The molecule has 4 rings (SSSR count). The van der Waals surface area contributed by atoms with Crippen molar-refractivity contribution < 1.29 is 4.74 Å². The molecule has 2 aromatic heterocycles. The lowest BCUT2D eigenvalue weighted by Gasteiger charge is -2.24. The molecular weight excluding hydrogens is 340 g/mol. The second kappa shape index (κ2) is 10.1. The number of nitrogens with two attached hydrogens (primary N) is 1. The Morgan fingerprint density at radius 3 is 2.44 bits per heavy atom. The van der Waals surface area contributed by atoms with E-state index in [1.807, 2.05) is 18.2 Å². The minimum Gasteiger partial charge on any atom is -0.382 e. The summed E-state index contributed by atoms with van der Waals surface area (Å²) in [6.45, 7) is 3.54. The van der Waals surface area contributed by atoms with Gasteiger partial charge in [-0.25, -0.2) is 9.97 Å². The maximum absolute atomic E-state index is 5.89. The molecule has 0 spiro atoms. The Bertz CT molecular complexity index is 722. The van der Waals surface area contributed by atoms with E-state index in [9.17, 15) is 0 Å². The van der Waals surface area contributed by atoms with Crippen LogP contribution >= 0.6 is 0 Å². The zero-order valence-corrected chi connectivity index (χ0v) is 16.1. The predicted octanol–water partition coefficient (Wildman–Crippen LogP) is 4.40. The molecule has 2 aliphatic rings. The highest BCUT2D eigenvalue weighted by Gasteiger charge is 2.22. The molecular formula is C20H30N6O. The smallest absolute Gasteiger partial charge is 0.153 e. The number of H-pyrrole nitrogens is 1. The van der Waals surface area contributed by atoms with Crippen molar-refractivity contribution in [3.05, 3.63) is 29.7 Å². The summed E-state index contributed by atoms with van der Waals surface area (Å²) in [5, 5.41) is 10.3. The van der Waals surface area contributed by atoms with E-state index in [1.165, 1.54) is 38.5 Å². The van der Waals surface area contributed by atoms with Crippen molar-refractivity contribution in [2.24, 2.45) is 0 Å². The van der Waals surface area contributed by atoms with Crippen LogP contribution in [-0.2, 0) is 4.74 Å². The molecule has 7 heteroatoms. The lowest BCUT2D eigenvalue weighted by atomic mass is 10.0. The van der Waals surface area contributed by atoms with E-state index >= 15 is 0 Å². The molecule has 0 bridgehead atoms. The number of aromatic amines is 1. The Labute approximate surface area is 160 Å². The number of allylic oxidation sites excluding steroid dienone is 1. The number of ether oxygens (including phenoxy) is 1. The van der Waals surface area contributed by atoms with Crippen LogP contribution in [0.3, 0.4) is 0 Å². The Balaban J connectivity index is 0.000000299. The fraction of sp³-hybridized carbons (Fsp3) is 0.550. The van der Waals surface area contributed by atoms with Crippen molar-refractivity contribution in [2.45, 2.75) is 57.8 Å². The molecule has 7 nitrogen and oxygen atoms in total. The summed E-state index contributed by atoms with van der Waals surface area (Å²) < 4.78 is 5.16. The highest BCUT2D eigenvalue weighted by atomic mass is 16.5. The highest BCUT2D eigenvalue weighted by Crippen LogP contribution is 2.25. The normalized spacial score (nSPS) is 17.2. The molecule has 0 atom stereocenters. The fourth-order valence-corrected chi connectivity index (χ4v) is 3.05. The molecule has 0 unspecified atom stereocenters. The summed E-state index contributed by atoms with van der Waals surface area (Å²) in [5.74, 6) is 2.07. The van der Waals surface area contributed by atoms with Crippen molar-refractivity contribution in [2.75, 3.05) is 24.3 Å². The van der Waals surface area contributed by atoms with E-state index in [4.69, 9.17) is 10.5 Å². The van der Waals surface area contributed by atoms with Crippen LogP contribution in [0.4, 0.5) is 17.5 Å². The van der Waals surface area contributed by atoms with Gasteiger partial charge in [-0.3, -0.25) is 5.10 Å². The number of hydrogen-bond donors (Lipinski definition) is 3. The van der Waals surface area contributed by atoms with Gasteiger partial charge in [0.15, 0.2) is 17.5 Å². The molecule has 4 N–H and O–H groups in total. The maximum Gasteiger partial charge on any atom is 0.153 e. The predicted molar refractivity (Wildman–Crippen MR) is 109 cm³/mol. The van der Waals surface area contributed by atoms with Crippen molar-refractivity contribution in [3.8, 4) is 0 Å². The van der Waals surface area contributed by atoms with Gasteiger partial charge in [0.1, 0.15) is 5.69 Å². The second-order valence-corrected chi connectivity index (χ2v) is 7.03. The highest BCUT2D eigenvalue weighted by molar-refractivity contribution is 5.61. The number of nitrogen functional groups attached to an aromatic ring is 1. The van der Waals surface area contributed by atoms with Crippen LogP contribution in [0.2, 0.25) is 0 Å². The molecule has 1 aliphatic carbocycles. The molecule has 0 radical (unpaired) electrons. The maximum atomic E-state index is 5.89. The molecule has 2 aromatic rings. The lowest BCUT2D eigenvalue weighted by Crippen LogP contribution is -2.25. The Morgan fingerprint density at radius 2 is 1.89 bits per heavy atom. The molecule has 0 aromatic carbocycles. The summed E-state index contributed by atoms with van der Waals surface area (Å²) in [4.78, 5) is 8.57. The molecule has 1 saturated carbocycles. The fourth-order valence-electron chi connectivity index (χ4n) is 3.05. The van der Waals surface area contributed by atoms with Crippen molar-refractivity contribution in [3.63, 3.8) is 0 Å². The van der Waals surface area contributed by atoms with Crippen LogP contribution in [0.1, 0.15) is 69.2 Å². The van der Waals surface area contributed by atoms with E-state index in [0.717, 1.165) is 25.3 Å². The van der Waals surface area contributed by atoms with Crippen LogP contribution < -0.4 is 11.1 Å². The van der Waals surface area contributed by atoms with Gasteiger partial charge in [0.05, 0.1) is 19.4 Å². The molecule has 0 amide bonds. The van der Waals surface area contributed by atoms with Crippen LogP contribution in [0.25, 0.3) is 6.08 Å². The second-order valence-electron chi connectivity index (χ2n) is 7.03. The van der Waals surface area contributed by atoms with Gasteiger partial charge in [-0.2, -0.15) is 5.10 Å². The van der Waals surface area contributed by atoms with E-state index in [-0.39, 0.29) is 0 Å². The molecule has 1 aliphatic heterocycles. The van der Waals surface area contributed by atoms with E-state index < -0.39 is 0 Å². The third kappa shape index (κ3) is 5.79. The summed E-state index contributed by atoms with van der Waals surface area (Å²) in [7, 11) is 0. The minimum absolute atomic E-state index is 0.396. The lowest BCUT2D eigenvalue weighted by molar-refractivity contribution is 0.00670. The zero-order valence-electron chi connectivity index (χ0n) is 16.1. The third-order valence-corrected chi connectivity index (χ3v) is 4.77. The first-order valence-corrected chi connectivity index (χ1v) is 9.95. The summed E-state index contributed by atoms with van der Waals surface area (Å²) >= 11 is 0. The average molecular weight is 371 g/mol. The van der Waals surface area contributed by atoms with Gasteiger partial charge in [-0.15, -0.1) is 0 Å². The van der Waals surface area contributed by atoms with Gasteiger partial charge in [0, 0.05) is 17.7 Å². The number of nitrogens with zero attached hydrogens (tertiary/aromatic N) is 3. The van der Waals surface area contributed by atoms with Crippen molar-refractivity contribution in [1.29, 1.82) is 0 Å². The van der Waals surface area contributed by atoms with Crippen LogP contribution in [0.15, 0.2) is 18.3 Å². The molecule has 3 heterocycles. The summed E-state index contributed by atoms with van der Waals surface area (Å²) in [5.41, 5.74) is 7.63. The standard InChI is InChI=1S/C14H18N6O.C6H12/c1-2-3-4-10-14(15)18-13(6-16-10)17-12-5-11(19-20-12)9-7-21-8-9;1-2-4-6-5-3-1/h3-6,9H,2,7-8H2,1H3,(H4,15,17,18,19,20);1-6H2/b4-3+;. The van der Waals surface area contributed by atoms with Gasteiger partial charge >= 0.3 is 0 Å².